The fraction of sp³-hybridized carbons (Fsp3) is 0.404. The number of rotatable bonds is 28. The van der Waals surface area contributed by atoms with E-state index in [0.29, 0.717) is 66.1 Å². The first-order chi connectivity index (χ1) is 48.9. The Kier molecular flexibility index (Phi) is 38.9. The second kappa shape index (κ2) is 45.7. The minimum Gasteiger partial charge on any atom is -0.508 e. The normalized spacial score (nSPS) is 12.6. The molecule has 554 valence electrons. The average molecular weight is 1500 g/mol. The number of hydrogen-bond donors (Lipinski definition) is 3. The van der Waals surface area contributed by atoms with Crippen LogP contribution in [-0.4, -0.2) is 55.6 Å². The summed E-state index contributed by atoms with van der Waals surface area (Å²) in [5.74, 6) is 9.48. The maximum Gasteiger partial charge on any atom is 0.160 e. The molecule has 9 aromatic carbocycles. The first-order valence-corrected chi connectivity index (χ1v) is 45.5. The predicted molar refractivity (Wildman–Crippen MR) is 463 cm³/mol. The Morgan fingerprint density at radius 3 is 0.777 bits per heavy atom. The van der Waals surface area contributed by atoms with Crippen LogP contribution >= 0.6 is 11.8 Å². The van der Waals surface area contributed by atoms with Crippen LogP contribution in [0, 0.1) is 27.1 Å². The lowest BCUT2D eigenvalue weighted by atomic mass is 9.91. The molecule has 0 radical (unpaired) electrons. The van der Waals surface area contributed by atoms with Gasteiger partial charge in [0.2, 0.25) is 0 Å². The highest BCUT2D eigenvalue weighted by Gasteiger charge is 2.30. The van der Waals surface area contributed by atoms with Crippen LogP contribution in [0.25, 0.3) is 0 Å². The van der Waals surface area contributed by atoms with Gasteiger partial charge in [0.25, 0.3) is 0 Å². The van der Waals surface area contributed by atoms with Crippen molar-refractivity contribution in [2.24, 2.45) is 27.1 Å². The lowest BCUT2D eigenvalue weighted by Crippen LogP contribution is -2.14. The van der Waals surface area contributed by atoms with Crippen molar-refractivity contribution >= 4 is 66.2 Å². The van der Waals surface area contributed by atoms with E-state index in [2.05, 4.69) is 305 Å². The van der Waals surface area contributed by atoms with Gasteiger partial charge in [-0.2, -0.15) is 0 Å². The van der Waals surface area contributed by atoms with E-state index in [9.17, 15) is 15.3 Å². The summed E-state index contributed by atoms with van der Waals surface area (Å²) < 4.78 is 0. The van der Waals surface area contributed by atoms with Gasteiger partial charge in [0.15, 0.2) is 39.2 Å². The first kappa shape index (κ1) is 87.9. The molecule has 3 unspecified atom stereocenters. The molecule has 103 heavy (non-hydrogen) atoms. The highest BCUT2D eigenvalue weighted by atomic mass is 32.2. The van der Waals surface area contributed by atoms with Gasteiger partial charge >= 0.3 is 0 Å². The summed E-state index contributed by atoms with van der Waals surface area (Å²) in [6, 6.07) is 86.1. The Hall–Kier alpha value is -5.78. The van der Waals surface area contributed by atoms with Crippen molar-refractivity contribution in [2.45, 2.75) is 224 Å². The zero-order valence-electron chi connectivity index (χ0n) is 65.8. The lowest BCUT2D eigenvalue weighted by Gasteiger charge is -2.17. The van der Waals surface area contributed by atoms with E-state index in [1.165, 1.54) is 125 Å². The standard InChI is InChI=1S/C25H28OS2.C19H24O2S.C19H25S.C16H25S.C15H25S/c1-25(2,3)18-7-19-28(23-14-10-20(26)11-15-23)24-16-12-22(13-17-24)27-21-8-5-4-6-9-21;1-19(2,3)13-4-14-22(17-9-5-15(20)6-10-17)18-11-7-16(21)8-12-18;1-19(2,3)15-10-16-20(17-11-6-4-7-12-17)18-13-8-5-9-14-18;1-5-13-17(14-9-12-16(2,3)4)15-10-7-6-8-11-15;1-5-16(13-9-12-15(2,3)4)14-10-7-6-8-11-14/h4-6,8-17H,7,18-19H2,1-3H3;5-12H,4,13-14H2,1-3H3,(H-,20,21);4-9,11-14H,10,15-16H2,1-3H3;5-8,10-11H,1,9,12-14H2,2-4H3;6-8,10-11H,5,9,12-13H2,1-4H3/q;;3*+1/p+2. The zero-order valence-corrected chi connectivity index (χ0v) is 70.7. The second-order valence-corrected chi connectivity index (χ2v) is 44.5. The molecule has 0 aliphatic rings. The molecule has 9 heteroatoms. The molecule has 0 aromatic heterocycles. The van der Waals surface area contributed by atoms with Gasteiger partial charge in [-0.05, 0) is 262 Å². The average Bonchev–Trinajstić information content (AvgIpc) is 0.846. The highest BCUT2D eigenvalue weighted by Crippen LogP contribution is 2.35. The molecule has 0 fully saturated rings. The van der Waals surface area contributed by atoms with Gasteiger partial charge in [0.1, 0.15) is 57.5 Å². The van der Waals surface area contributed by atoms with E-state index in [4.69, 9.17) is 0 Å². The quantitative estimate of drug-likeness (QED) is 0.0338. The van der Waals surface area contributed by atoms with Crippen LogP contribution in [-0.2, 0) is 54.5 Å². The molecule has 0 bridgehead atoms. The topological polar surface area (TPSA) is 60.7 Å². The van der Waals surface area contributed by atoms with Gasteiger partial charge in [-0.3, -0.25) is 0 Å². The van der Waals surface area contributed by atoms with Gasteiger partial charge in [0, 0.05) is 31.6 Å². The van der Waals surface area contributed by atoms with Crippen LogP contribution in [0.3, 0.4) is 0 Å². The summed E-state index contributed by atoms with van der Waals surface area (Å²) in [6.45, 7) is 40.9. The molecule has 3 N–H and O–H groups in total. The molecule has 0 spiro atoms. The van der Waals surface area contributed by atoms with E-state index in [-0.39, 0.29) is 32.7 Å². The largest absolute Gasteiger partial charge is 0.508 e. The van der Waals surface area contributed by atoms with Crippen molar-refractivity contribution in [3.8, 4) is 17.2 Å². The molecule has 0 saturated heterocycles. The fourth-order valence-corrected chi connectivity index (χ4v) is 22.3. The minimum absolute atomic E-state index is 0.0247. The molecule has 9 aromatic rings. The second-order valence-electron chi connectivity index (χ2n) is 32.4. The summed E-state index contributed by atoms with van der Waals surface area (Å²) in [7, 11) is 1.05. The van der Waals surface area contributed by atoms with Gasteiger partial charge in [-0.15, -0.1) is 0 Å². The first-order valence-electron chi connectivity index (χ1n) is 37.4. The Balaban J connectivity index is 0.000000235. The van der Waals surface area contributed by atoms with E-state index in [1.807, 2.05) is 30.3 Å². The van der Waals surface area contributed by atoms with Gasteiger partial charge in [-0.25, -0.2) is 0 Å². The molecule has 3 atom stereocenters. The Morgan fingerprint density at radius 1 is 0.282 bits per heavy atom. The monoisotopic (exact) mass is 1500 g/mol. The minimum atomic E-state index is -0.0247. The summed E-state index contributed by atoms with van der Waals surface area (Å²) in [5, 5.41) is 28.7. The van der Waals surface area contributed by atoms with Crippen molar-refractivity contribution in [3.05, 3.63) is 261 Å². The van der Waals surface area contributed by atoms with Crippen molar-refractivity contribution < 1.29 is 15.3 Å². The van der Waals surface area contributed by atoms with E-state index >= 15 is 0 Å². The molecular weight excluding hydrogens is 1370 g/mol. The summed E-state index contributed by atoms with van der Waals surface area (Å²) in [4.78, 5) is 13.6. The van der Waals surface area contributed by atoms with Crippen LogP contribution < -0.4 is 0 Å². The molecule has 0 amide bonds. The zero-order chi connectivity index (χ0) is 75.3. The van der Waals surface area contributed by atoms with Crippen molar-refractivity contribution in [3.63, 3.8) is 0 Å². The van der Waals surface area contributed by atoms with Crippen LogP contribution in [0.5, 0.6) is 17.2 Å². The number of phenols is 3. The number of phenolic OH excluding ortho intramolecular Hbond substituents is 3. The van der Waals surface area contributed by atoms with Gasteiger partial charge in [0.05, 0.1) is 32.7 Å². The summed E-state index contributed by atoms with van der Waals surface area (Å²) >= 11 is 1.80. The van der Waals surface area contributed by atoms with E-state index in [0.717, 1.165) is 23.7 Å². The van der Waals surface area contributed by atoms with Crippen LogP contribution in [0.1, 0.15) is 175 Å². The van der Waals surface area contributed by atoms with E-state index in [1.54, 1.807) is 53.1 Å². The maximum atomic E-state index is 9.67. The maximum absolute atomic E-state index is 9.67. The molecule has 0 aliphatic carbocycles. The predicted octanol–water partition coefficient (Wildman–Crippen LogP) is 27.1. The Morgan fingerprint density at radius 2 is 0.505 bits per heavy atom. The fourth-order valence-electron chi connectivity index (χ4n) is 11.3. The smallest absolute Gasteiger partial charge is 0.160 e. The number of hydrogen-bond acceptors (Lipinski definition) is 4. The number of aromatic hydroxyl groups is 3. The van der Waals surface area contributed by atoms with Crippen LogP contribution in [0.2, 0.25) is 0 Å². The summed E-state index contributed by atoms with van der Waals surface area (Å²) in [6.07, 6.45) is 14.7. The third-order valence-electron chi connectivity index (χ3n) is 16.8. The summed E-state index contributed by atoms with van der Waals surface area (Å²) in [5.41, 5.74) is 2.08. The van der Waals surface area contributed by atoms with Crippen molar-refractivity contribution in [1.82, 2.24) is 0 Å². The lowest BCUT2D eigenvalue weighted by molar-refractivity contribution is 0.374. The Bertz CT molecular complexity index is 3560. The third-order valence-corrected chi connectivity index (χ3v) is 29.7. The highest BCUT2D eigenvalue weighted by molar-refractivity contribution is 7.99. The molecule has 0 saturated carbocycles. The van der Waals surface area contributed by atoms with Crippen LogP contribution in [0.15, 0.2) is 310 Å². The van der Waals surface area contributed by atoms with Crippen molar-refractivity contribution in [1.29, 1.82) is 0 Å². The molecule has 9 rings (SSSR count). The van der Waals surface area contributed by atoms with Gasteiger partial charge < -0.3 is 15.3 Å². The molecular formula is C94H129O3S6+5. The van der Waals surface area contributed by atoms with Crippen LogP contribution in [0.4, 0.5) is 0 Å². The molecule has 0 aliphatic heterocycles. The van der Waals surface area contributed by atoms with Gasteiger partial charge in [-0.1, -0.05) is 213 Å². The Labute approximate surface area is 646 Å². The van der Waals surface area contributed by atoms with Crippen molar-refractivity contribution in [2.75, 3.05) is 40.3 Å². The molecule has 0 heterocycles. The third kappa shape index (κ3) is 37.9. The SMILES string of the molecule is C=CC[S+](CCCC(C)(C)C)c1ccccc1.CC(C)(C)CCC[S+](c1ccc(O)cc1)c1ccc(O)cc1.CC(C)(C)CCC[S+](c1ccc(O)cc1)c1ccc(Sc2ccccc2)cc1.CC(C)(C)CCC[S+](c1ccccc1)c1ccccc1.CC[S+](CCCC(C)(C)C)c1ccccc1. The molecule has 3 nitrogen and oxygen atoms in total. The number of benzene rings is 9. The van der Waals surface area contributed by atoms with E-state index < -0.39 is 0 Å².